The molecule has 1 atom stereocenters. The van der Waals surface area contributed by atoms with Crippen LogP contribution in [0.1, 0.15) is 30.0 Å². The van der Waals surface area contributed by atoms with E-state index in [4.69, 9.17) is 14.2 Å². The minimum absolute atomic E-state index is 0.000539. The Hall–Kier alpha value is -2.47. The molecule has 6 heteroatoms. The summed E-state index contributed by atoms with van der Waals surface area (Å²) in [6, 6.07) is 11.8. The summed E-state index contributed by atoms with van der Waals surface area (Å²) in [5.74, 6) is 2.27. The van der Waals surface area contributed by atoms with Crippen LogP contribution < -0.4 is 14.2 Å². The van der Waals surface area contributed by atoms with E-state index < -0.39 is 0 Å². The standard InChI is InChI=1S/C22H22BrNO4/c1-26-19-8-6-17(23)13-16(19)5-9-22(25)24-10-2-3-18(24)15-4-7-20-21(14-15)28-12-11-27-20/h4-9,13-14,18H,2-3,10-12H2,1H3. The highest BCUT2D eigenvalue weighted by Gasteiger charge is 2.29. The number of benzene rings is 2. The second-order valence-corrected chi connectivity index (χ2v) is 7.73. The Morgan fingerprint density at radius 1 is 1.18 bits per heavy atom. The summed E-state index contributed by atoms with van der Waals surface area (Å²) in [6.45, 7) is 1.88. The number of carbonyl (C=O) groups excluding carboxylic acids is 1. The molecule has 2 aliphatic heterocycles. The number of nitrogens with zero attached hydrogens (tertiary/aromatic N) is 1. The Bertz CT molecular complexity index is 911. The molecule has 0 radical (unpaired) electrons. The predicted molar refractivity (Wildman–Crippen MR) is 111 cm³/mol. The lowest BCUT2D eigenvalue weighted by Crippen LogP contribution is -2.29. The van der Waals surface area contributed by atoms with Gasteiger partial charge >= 0.3 is 0 Å². The number of likely N-dealkylation sites (tertiary alicyclic amines) is 1. The maximum atomic E-state index is 12.9. The number of ether oxygens (including phenoxy) is 3. The molecule has 1 fully saturated rings. The van der Waals surface area contributed by atoms with Crippen molar-refractivity contribution in [3.8, 4) is 17.2 Å². The van der Waals surface area contributed by atoms with Gasteiger partial charge in [-0.05, 0) is 54.8 Å². The van der Waals surface area contributed by atoms with E-state index >= 15 is 0 Å². The van der Waals surface area contributed by atoms with E-state index in [9.17, 15) is 4.79 Å². The van der Waals surface area contributed by atoms with Crippen molar-refractivity contribution in [3.05, 3.63) is 58.1 Å². The molecule has 0 N–H and O–H groups in total. The van der Waals surface area contributed by atoms with Gasteiger partial charge in [-0.2, -0.15) is 0 Å². The number of fused-ring (bicyclic) bond motifs is 1. The van der Waals surface area contributed by atoms with E-state index in [-0.39, 0.29) is 11.9 Å². The first kappa shape index (κ1) is 18.9. The average Bonchev–Trinajstić information content (AvgIpc) is 3.22. The summed E-state index contributed by atoms with van der Waals surface area (Å²) >= 11 is 3.46. The molecule has 0 saturated carbocycles. The minimum Gasteiger partial charge on any atom is -0.496 e. The monoisotopic (exact) mass is 443 g/mol. The lowest BCUT2D eigenvalue weighted by atomic mass is 10.0. The smallest absolute Gasteiger partial charge is 0.247 e. The zero-order valence-corrected chi connectivity index (χ0v) is 17.3. The fraction of sp³-hybridized carbons (Fsp3) is 0.318. The van der Waals surface area contributed by atoms with Crippen LogP contribution in [0.15, 0.2) is 46.9 Å². The molecule has 2 aromatic carbocycles. The Balaban J connectivity index is 1.53. The Morgan fingerprint density at radius 3 is 2.82 bits per heavy atom. The van der Waals surface area contributed by atoms with Crippen molar-refractivity contribution in [1.29, 1.82) is 0 Å². The molecule has 28 heavy (non-hydrogen) atoms. The molecule has 0 bridgehead atoms. The van der Waals surface area contributed by atoms with E-state index in [1.54, 1.807) is 13.2 Å². The Kier molecular flexibility index (Phi) is 5.57. The number of amides is 1. The largest absolute Gasteiger partial charge is 0.496 e. The maximum absolute atomic E-state index is 12.9. The third kappa shape index (κ3) is 3.87. The van der Waals surface area contributed by atoms with Gasteiger partial charge in [0, 0.05) is 22.7 Å². The average molecular weight is 444 g/mol. The second kappa shape index (κ2) is 8.27. The summed E-state index contributed by atoms with van der Waals surface area (Å²) < 4.78 is 17.6. The molecule has 146 valence electrons. The van der Waals surface area contributed by atoms with Gasteiger partial charge in [0.05, 0.1) is 13.2 Å². The molecule has 0 spiro atoms. The topological polar surface area (TPSA) is 48.0 Å². The van der Waals surface area contributed by atoms with E-state index in [2.05, 4.69) is 15.9 Å². The minimum atomic E-state index is -0.000539. The molecule has 0 aromatic heterocycles. The van der Waals surface area contributed by atoms with Gasteiger partial charge in [-0.1, -0.05) is 22.0 Å². The van der Waals surface area contributed by atoms with Crippen molar-refractivity contribution < 1.29 is 19.0 Å². The molecule has 5 nitrogen and oxygen atoms in total. The van der Waals surface area contributed by atoms with Gasteiger partial charge in [-0.3, -0.25) is 4.79 Å². The number of rotatable bonds is 4. The zero-order chi connectivity index (χ0) is 19.5. The molecule has 1 saturated heterocycles. The molecule has 2 aliphatic rings. The first-order valence-corrected chi connectivity index (χ1v) is 10.2. The molecular formula is C22H22BrNO4. The van der Waals surface area contributed by atoms with E-state index in [1.807, 2.05) is 47.4 Å². The van der Waals surface area contributed by atoms with Crippen LogP contribution in [0, 0.1) is 0 Å². The van der Waals surface area contributed by atoms with Gasteiger partial charge in [0.2, 0.25) is 5.91 Å². The van der Waals surface area contributed by atoms with Crippen molar-refractivity contribution >= 4 is 27.9 Å². The highest BCUT2D eigenvalue weighted by Crippen LogP contribution is 2.38. The summed E-state index contributed by atoms with van der Waals surface area (Å²) in [7, 11) is 1.63. The van der Waals surface area contributed by atoms with Gasteiger partial charge in [-0.15, -0.1) is 0 Å². The Morgan fingerprint density at radius 2 is 2.00 bits per heavy atom. The fourth-order valence-corrected chi connectivity index (χ4v) is 4.12. The fourth-order valence-electron chi connectivity index (χ4n) is 3.74. The summed E-state index contributed by atoms with van der Waals surface area (Å²) in [5.41, 5.74) is 1.95. The van der Waals surface area contributed by atoms with Gasteiger partial charge in [0.15, 0.2) is 11.5 Å². The van der Waals surface area contributed by atoms with Gasteiger partial charge in [0.25, 0.3) is 0 Å². The molecule has 2 heterocycles. The summed E-state index contributed by atoms with van der Waals surface area (Å²) in [4.78, 5) is 14.8. The first-order chi connectivity index (χ1) is 13.7. The summed E-state index contributed by atoms with van der Waals surface area (Å²) in [5, 5.41) is 0. The number of methoxy groups -OCH3 is 1. The lowest BCUT2D eigenvalue weighted by Gasteiger charge is -2.26. The number of halogens is 1. The van der Waals surface area contributed by atoms with Crippen molar-refractivity contribution in [1.82, 2.24) is 4.90 Å². The van der Waals surface area contributed by atoms with Crippen LogP contribution in [-0.2, 0) is 4.79 Å². The van der Waals surface area contributed by atoms with Crippen molar-refractivity contribution in [2.24, 2.45) is 0 Å². The maximum Gasteiger partial charge on any atom is 0.247 e. The van der Waals surface area contributed by atoms with Crippen LogP contribution in [0.2, 0.25) is 0 Å². The Labute approximate surface area is 173 Å². The number of hydrogen-bond acceptors (Lipinski definition) is 4. The second-order valence-electron chi connectivity index (χ2n) is 6.81. The van der Waals surface area contributed by atoms with Crippen LogP contribution in [-0.4, -0.2) is 37.7 Å². The molecule has 1 amide bonds. The highest BCUT2D eigenvalue weighted by molar-refractivity contribution is 9.10. The van der Waals surface area contributed by atoms with Gasteiger partial charge < -0.3 is 19.1 Å². The molecule has 1 unspecified atom stereocenters. The quantitative estimate of drug-likeness (QED) is 0.647. The molecule has 2 aromatic rings. The molecule has 4 rings (SSSR count). The third-order valence-electron chi connectivity index (χ3n) is 5.08. The zero-order valence-electron chi connectivity index (χ0n) is 15.7. The lowest BCUT2D eigenvalue weighted by molar-refractivity contribution is -0.126. The van der Waals surface area contributed by atoms with E-state index in [0.717, 1.165) is 52.2 Å². The SMILES string of the molecule is COc1ccc(Br)cc1C=CC(=O)N1CCCC1c1ccc2c(c1)OCCO2. The first-order valence-electron chi connectivity index (χ1n) is 9.37. The van der Waals surface area contributed by atoms with Crippen LogP contribution in [0.4, 0.5) is 0 Å². The van der Waals surface area contributed by atoms with Crippen LogP contribution in [0.5, 0.6) is 17.2 Å². The predicted octanol–water partition coefficient (Wildman–Crippen LogP) is 4.61. The van der Waals surface area contributed by atoms with Gasteiger partial charge in [0.1, 0.15) is 19.0 Å². The van der Waals surface area contributed by atoms with Crippen LogP contribution in [0.3, 0.4) is 0 Å². The van der Waals surface area contributed by atoms with E-state index in [1.165, 1.54) is 0 Å². The summed E-state index contributed by atoms with van der Waals surface area (Å²) in [6.07, 6.45) is 5.37. The van der Waals surface area contributed by atoms with Crippen LogP contribution >= 0.6 is 15.9 Å². The molecule has 0 aliphatic carbocycles. The normalized spacial score (nSPS) is 18.5. The number of hydrogen-bond donors (Lipinski definition) is 0. The van der Waals surface area contributed by atoms with Gasteiger partial charge in [-0.25, -0.2) is 0 Å². The molecular weight excluding hydrogens is 422 g/mol. The van der Waals surface area contributed by atoms with Crippen LogP contribution in [0.25, 0.3) is 6.08 Å². The van der Waals surface area contributed by atoms with Crippen molar-refractivity contribution in [2.75, 3.05) is 26.9 Å². The van der Waals surface area contributed by atoms with E-state index in [0.29, 0.717) is 13.2 Å². The number of carbonyl (C=O) groups is 1. The third-order valence-corrected chi connectivity index (χ3v) is 5.58. The van der Waals surface area contributed by atoms with Crippen molar-refractivity contribution in [2.45, 2.75) is 18.9 Å². The highest BCUT2D eigenvalue weighted by atomic mass is 79.9. The van der Waals surface area contributed by atoms with Crippen molar-refractivity contribution in [3.63, 3.8) is 0 Å².